The second kappa shape index (κ2) is 7.87. The fourth-order valence-corrected chi connectivity index (χ4v) is 4.63. The summed E-state index contributed by atoms with van der Waals surface area (Å²) in [5.41, 5.74) is 2.16. The van der Waals surface area contributed by atoms with Gasteiger partial charge in [0.2, 0.25) is 5.96 Å². The first-order valence-electron chi connectivity index (χ1n) is 9.60. The van der Waals surface area contributed by atoms with E-state index in [0.29, 0.717) is 13.0 Å². The lowest BCUT2D eigenvalue weighted by atomic mass is 10.00. The summed E-state index contributed by atoms with van der Waals surface area (Å²) in [4.78, 5) is 18.3. The maximum atomic E-state index is 12.6. The van der Waals surface area contributed by atoms with Gasteiger partial charge in [-0.3, -0.25) is 0 Å². The molecule has 0 aromatic heterocycles. The van der Waals surface area contributed by atoms with Crippen LogP contribution in [0, 0.1) is 6.92 Å². The first-order chi connectivity index (χ1) is 13.9. The summed E-state index contributed by atoms with van der Waals surface area (Å²) in [5, 5.41) is 0. The standard InChI is InChI=1S/C21H23N3O4S/c1-15-7-11-19(12-8-15)29(26,27)23-20-22-14-17-13-18(28-21(25)24(17)20)10-9-16-5-3-2-4-6-16/h2-8,11-12,17-18H,9-10,13-14H2,1H3,(H,22,23)/t17-,18-/m1/s1. The molecule has 0 radical (unpaired) electrons. The average molecular weight is 413 g/mol. The minimum absolute atomic E-state index is 0.0297. The number of amides is 1. The van der Waals surface area contributed by atoms with Gasteiger partial charge in [-0.1, -0.05) is 48.0 Å². The molecular formula is C21H23N3O4S. The first-order valence-corrected chi connectivity index (χ1v) is 11.1. The second-order valence-electron chi connectivity index (χ2n) is 7.37. The topological polar surface area (TPSA) is 88.1 Å². The Bertz CT molecular complexity index is 1020. The summed E-state index contributed by atoms with van der Waals surface area (Å²) >= 11 is 0. The number of aliphatic imine (C=N–C) groups is 1. The molecule has 0 aliphatic carbocycles. The van der Waals surface area contributed by atoms with Crippen LogP contribution in [-0.2, 0) is 21.2 Å². The van der Waals surface area contributed by atoms with Crippen LogP contribution in [0.15, 0.2) is 64.5 Å². The Morgan fingerprint density at radius 3 is 2.59 bits per heavy atom. The van der Waals surface area contributed by atoms with Crippen molar-refractivity contribution in [2.45, 2.75) is 43.2 Å². The van der Waals surface area contributed by atoms with E-state index < -0.39 is 16.1 Å². The zero-order valence-corrected chi connectivity index (χ0v) is 16.9. The Morgan fingerprint density at radius 1 is 1.14 bits per heavy atom. The third-order valence-electron chi connectivity index (χ3n) is 5.20. The third-order valence-corrected chi connectivity index (χ3v) is 6.54. The van der Waals surface area contributed by atoms with E-state index in [1.807, 2.05) is 37.3 Å². The van der Waals surface area contributed by atoms with E-state index in [1.54, 1.807) is 12.1 Å². The van der Waals surface area contributed by atoms with Gasteiger partial charge in [-0.15, -0.1) is 0 Å². The van der Waals surface area contributed by atoms with Crippen molar-refractivity contribution in [3.63, 3.8) is 0 Å². The third kappa shape index (κ3) is 4.27. The summed E-state index contributed by atoms with van der Waals surface area (Å²) in [6, 6.07) is 16.4. The summed E-state index contributed by atoms with van der Waals surface area (Å²) in [5.74, 6) is 0.0297. The molecule has 0 spiro atoms. The van der Waals surface area contributed by atoms with Gasteiger partial charge in [-0.2, -0.15) is 0 Å². The molecular weight excluding hydrogens is 390 g/mol. The molecule has 2 heterocycles. The van der Waals surface area contributed by atoms with E-state index in [-0.39, 0.29) is 23.0 Å². The van der Waals surface area contributed by atoms with Crippen LogP contribution in [0.2, 0.25) is 0 Å². The van der Waals surface area contributed by atoms with E-state index in [2.05, 4.69) is 9.71 Å². The highest BCUT2D eigenvalue weighted by Gasteiger charge is 2.42. The predicted octanol–water partition coefficient (Wildman–Crippen LogP) is 2.86. The van der Waals surface area contributed by atoms with E-state index in [9.17, 15) is 13.2 Å². The highest BCUT2D eigenvalue weighted by atomic mass is 32.2. The molecule has 0 unspecified atom stereocenters. The minimum atomic E-state index is -3.82. The largest absolute Gasteiger partial charge is 0.446 e. The maximum absolute atomic E-state index is 12.6. The SMILES string of the molecule is Cc1ccc(S(=O)(=O)NC2=NC[C@H]3C[C@@H](CCc4ccccc4)OC(=O)N23)cc1. The summed E-state index contributed by atoms with van der Waals surface area (Å²) in [6.45, 7) is 2.25. The van der Waals surface area contributed by atoms with Gasteiger partial charge in [-0.05, 0) is 37.5 Å². The van der Waals surface area contributed by atoms with Gasteiger partial charge in [0, 0.05) is 6.42 Å². The molecule has 1 N–H and O–H groups in total. The number of rotatable bonds is 5. The number of nitrogens with one attached hydrogen (secondary N) is 1. The number of guanidine groups is 1. The number of nitrogens with zero attached hydrogens (tertiary/aromatic N) is 2. The van der Waals surface area contributed by atoms with Crippen molar-refractivity contribution in [2.24, 2.45) is 4.99 Å². The number of benzene rings is 2. The summed E-state index contributed by atoms with van der Waals surface area (Å²) < 4.78 is 33.3. The normalized spacial score (nSPS) is 21.3. The number of ether oxygens (including phenoxy) is 1. The van der Waals surface area contributed by atoms with Crippen molar-refractivity contribution in [3.05, 3.63) is 65.7 Å². The molecule has 0 bridgehead atoms. The monoisotopic (exact) mass is 413 g/mol. The Hall–Kier alpha value is -2.87. The van der Waals surface area contributed by atoms with Gasteiger partial charge in [0.25, 0.3) is 10.0 Å². The lowest BCUT2D eigenvalue weighted by molar-refractivity contribution is 0.0245. The molecule has 2 atom stereocenters. The number of fused-ring (bicyclic) bond motifs is 1. The highest BCUT2D eigenvalue weighted by molar-refractivity contribution is 7.90. The van der Waals surface area contributed by atoms with Crippen molar-refractivity contribution >= 4 is 22.1 Å². The number of carbonyl (C=O) groups is 1. The fraction of sp³-hybridized carbons (Fsp3) is 0.333. The molecule has 0 saturated carbocycles. The first kappa shape index (κ1) is 19.4. The van der Waals surface area contributed by atoms with Gasteiger partial charge in [-0.25, -0.2) is 27.8 Å². The van der Waals surface area contributed by atoms with Crippen LogP contribution in [-0.4, -0.2) is 44.1 Å². The fourth-order valence-electron chi connectivity index (χ4n) is 3.62. The highest BCUT2D eigenvalue weighted by Crippen LogP contribution is 2.26. The molecule has 4 rings (SSSR count). The smallest absolute Gasteiger partial charge is 0.417 e. The van der Waals surface area contributed by atoms with Gasteiger partial charge in [0.1, 0.15) is 6.10 Å². The average Bonchev–Trinajstić information content (AvgIpc) is 3.10. The van der Waals surface area contributed by atoms with Crippen LogP contribution in [0.1, 0.15) is 24.0 Å². The Morgan fingerprint density at radius 2 is 1.86 bits per heavy atom. The quantitative estimate of drug-likeness (QED) is 0.816. The zero-order chi connectivity index (χ0) is 20.4. The van der Waals surface area contributed by atoms with E-state index in [1.165, 1.54) is 22.6 Å². The summed E-state index contributed by atoms with van der Waals surface area (Å²) in [6.07, 6.45) is 1.41. The molecule has 1 fully saturated rings. The van der Waals surface area contributed by atoms with Crippen LogP contribution < -0.4 is 4.72 Å². The van der Waals surface area contributed by atoms with Crippen molar-refractivity contribution in [1.29, 1.82) is 0 Å². The predicted molar refractivity (Wildman–Crippen MR) is 109 cm³/mol. The van der Waals surface area contributed by atoms with Gasteiger partial charge < -0.3 is 4.74 Å². The number of hydrogen-bond donors (Lipinski definition) is 1. The van der Waals surface area contributed by atoms with Crippen molar-refractivity contribution in [2.75, 3.05) is 6.54 Å². The second-order valence-corrected chi connectivity index (χ2v) is 9.05. The molecule has 2 aliphatic rings. The van der Waals surface area contributed by atoms with E-state index >= 15 is 0 Å². The number of hydrogen-bond acceptors (Lipinski definition) is 5. The lowest BCUT2D eigenvalue weighted by Crippen LogP contribution is -2.53. The molecule has 29 heavy (non-hydrogen) atoms. The van der Waals surface area contributed by atoms with Crippen LogP contribution in [0.3, 0.4) is 0 Å². The van der Waals surface area contributed by atoms with Gasteiger partial charge in [0.05, 0.1) is 17.5 Å². The molecule has 2 aromatic rings. The summed E-state index contributed by atoms with van der Waals surface area (Å²) in [7, 11) is -3.82. The van der Waals surface area contributed by atoms with Crippen LogP contribution in [0.4, 0.5) is 4.79 Å². The van der Waals surface area contributed by atoms with Gasteiger partial charge in [0.15, 0.2) is 0 Å². The Kier molecular flexibility index (Phi) is 5.27. The zero-order valence-electron chi connectivity index (χ0n) is 16.1. The molecule has 2 aliphatic heterocycles. The molecule has 7 nitrogen and oxygen atoms in total. The van der Waals surface area contributed by atoms with Crippen molar-refractivity contribution in [3.8, 4) is 0 Å². The van der Waals surface area contributed by atoms with E-state index in [4.69, 9.17) is 4.74 Å². The molecule has 152 valence electrons. The number of aryl methyl sites for hydroxylation is 2. The number of cyclic esters (lactones) is 1. The maximum Gasteiger partial charge on any atom is 0.417 e. The Balaban J connectivity index is 1.40. The number of sulfonamides is 1. The van der Waals surface area contributed by atoms with Crippen LogP contribution >= 0.6 is 0 Å². The molecule has 8 heteroatoms. The number of carbonyl (C=O) groups excluding carboxylic acids is 1. The van der Waals surface area contributed by atoms with Crippen LogP contribution in [0.25, 0.3) is 0 Å². The molecule has 2 aromatic carbocycles. The van der Waals surface area contributed by atoms with Crippen molar-refractivity contribution in [1.82, 2.24) is 9.62 Å². The Labute approximate surface area is 170 Å². The molecule has 1 amide bonds. The minimum Gasteiger partial charge on any atom is -0.446 e. The van der Waals surface area contributed by atoms with Crippen molar-refractivity contribution < 1.29 is 17.9 Å². The lowest BCUT2D eigenvalue weighted by Gasteiger charge is -2.34. The molecule has 1 saturated heterocycles. The van der Waals surface area contributed by atoms with E-state index in [0.717, 1.165) is 18.4 Å². The van der Waals surface area contributed by atoms with Crippen LogP contribution in [0.5, 0.6) is 0 Å². The van der Waals surface area contributed by atoms with Gasteiger partial charge >= 0.3 is 6.09 Å².